The van der Waals surface area contributed by atoms with E-state index in [9.17, 15) is 4.79 Å². The van der Waals surface area contributed by atoms with Gasteiger partial charge in [0.2, 0.25) is 5.91 Å². The molecule has 2 aliphatic heterocycles. The van der Waals surface area contributed by atoms with Crippen LogP contribution in [0.3, 0.4) is 0 Å². The fraction of sp³-hybridized carbons (Fsp3) is 0.682. The average Bonchev–Trinajstić information content (AvgIpc) is 2.68. The number of nitrogens with one attached hydrogen (secondary N) is 2. The molecule has 2 aliphatic rings. The van der Waals surface area contributed by atoms with E-state index in [-0.39, 0.29) is 24.4 Å². The molecule has 3 unspecified atom stereocenters. The first-order chi connectivity index (χ1) is 12.6. The molecule has 0 saturated carbocycles. The normalized spacial score (nSPS) is 24.7. The van der Waals surface area contributed by atoms with Crippen molar-refractivity contribution in [2.75, 3.05) is 26.2 Å². The Morgan fingerprint density at radius 3 is 2.63 bits per heavy atom. The summed E-state index contributed by atoms with van der Waals surface area (Å²) >= 11 is 0. The minimum Gasteiger partial charge on any atom is -0.373 e. The molecule has 1 aromatic rings. The van der Waals surface area contributed by atoms with E-state index in [1.165, 1.54) is 24.0 Å². The summed E-state index contributed by atoms with van der Waals surface area (Å²) in [5, 5.41) is 6.60. The maximum atomic E-state index is 12.5. The summed E-state index contributed by atoms with van der Waals surface area (Å²) in [6, 6.07) is 8.62. The topological polar surface area (TPSA) is 50.4 Å². The number of aryl methyl sites for hydroxylation is 1. The predicted octanol–water partition coefficient (Wildman–Crippen LogP) is 4.03. The molecule has 1 aromatic carbocycles. The number of rotatable bonds is 6. The maximum absolute atomic E-state index is 12.5. The predicted molar refractivity (Wildman–Crippen MR) is 112 cm³/mol. The molecule has 2 saturated heterocycles. The lowest BCUT2D eigenvalue weighted by Crippen LogP contribution is -2.37. The highest BCUT2D eigenvalue weighted by atomic mass is 35.5. The largest absolute Gasteiger partial charge is 0.373 e. The highest BCUT2D eigenvalue weighted by Crippen LogP contribution is 2.33. The lowest BCUT2D eigenvalue weighted by Gasteiger charge is -2.33. The monoisotopic (exact) mass is 394 g/mol. The van der Waals surface area contributed by atoms with Crippen LogP contribution in [0.25, 0.3) is 0 Å². The van der Waals surface area contributed by atoms with Crippen molar-refractivity contribution in [3.05, 3.63) is 35.4 Å². The van der Waals surface area contributed by atoms with Crippen molar-refractivity contribution in [2.45, 2.75) is 52.1 Å². The number of carbonyl (C=O) groups is 1. The van der Waals surface area contributed by atoms with Crippen molar-refractivity contribution in [3.8, 4) is 0 Å². The minimum atomic E-state index is 0. The highest BCUT2D eigenvalue weighted by molar-refractivity contribution is 5.85. The molecule has 0 aliphatic carbocycles. The van der Waals surface area contributed by atoms with Crippen LogP contribution in [0.1, 0.15) is 56.3 Å². The Morgan fingerprint density at radius 1 is 1.22 bits per heavy atom. The summed E-state index contributed by atoms with van der Waals surface area (Å²) in [4.78, 5) is 12.5. The van der Waals surface area contributed by atoms with E-state index in [2.05, 4.69) is 48.7 Å². The summed E-state index contributed by atoms with van der Waals surface area (Å²) in [5.41, 5.74) is 2.50. The second kappa shape index (κ2) is 11.0. The Labute approximate surface area is 170 Å². The molecule has 3 atom stereocenters. The number of piperidine rings is 1. The van der Waals surface area contributed by atoms with E-state index in [1.807, 2.05) is 0 Å². The Kier molecular flexibility index (Phi) is 9.07. The fourth-order valence-corrected chi connectivity index (χ4v) is 4.37. The molecule has 0 aromatic heterocycles. The van der Waals surface area contributed by atoms with Crippen LogP contribution in [-0.2, 0) is 9.53 Å². The molecule has 5 heteroatoms. The minimum absolute atomic E-state index is 0. The molecule has 3 rings (SSSR count). The number of halogens is 1. The Balaban J connectivity index is 0.00000261. The molecular formula is C22H35ClN2O2. The van der Waals surface area contributed by atoms with Gasteiger partial charge in [0.1, 0.15) is 0 Å². The van der Waals surface area contributed by atoms with Crippen LogP contribution in [0.5, 0.6) is 0 Å². The standard InChI is InChI=1S/C22H34N2O2.ClH/c1-16-5-7-19(8-6-16)22-20(4-3-13-26-22)15-24-21(25)14-17(2)18-9-11-23-12-10-18;/h5-8,17-18,20,22-23H,3-4,9-15H2,1-2H3,(H,24,25);1H. The smallest absolute Gasteiger partial charge is 0.220 e. The average molecular weight is 395 g/mol. The van der Waals surface area contributed by atoms with Crippen molar-refractivity contribution in [3.63, 3.8) is 0 Å². The molecule has 4 nitrogen and oxygen atoms in total. The molecule has 27 heavy (non-hydrogen) atoms. The summed E-state index contributed by atoms with van der Waals surface area (Å²) < 4.78 is 6.07. The van der Waals surface area contributed by atoms with Crippen LogP contribution in [0.15, 0.2) is 24.3 Å². The lowest BCUT2D eigenvalue weighted by atomic mass is 9.84. The van der Waals surface area contributed by atoms with Crippen molar-refractivity contribution >= 4 is 18.3 Å². The summed E-state index contributed by atoms with van der Waals surface area (Å²) in [6.45, 7) is 8.05. The van der Waals surface area contributed by atoms with Crippen molar-refractivity contribution in [1.29, 1.82) is 0 Å². The van der Waals surface area contributed by atoms with Crippen LogP contribution in [-0.4, -0.2) is 32.1 Å². The Morgan fingerprint density at radius 2 is 1.93 bits per heavy atom. The molecule has 2 heterocycles. The maximum Gasteiger partial charge on any atom is 0.220 e. The molecule has 0 radical (unpaired) electrons. The van der Waals surface area contributed by atoms with Gasteiger partial charge in [-0.3, -0.25) is 4.79 Å². The number of carbonyl (C=O) groups excluding carboxylic acids is 1. The Hall–Kier alpha value is -1.10. The van der Waals surface area contributed by atoms with Crippen molar-refractivity contribution in [1.82, 2.24) is 10.6 Å². The molecule has 0 bridgehead atoms. The third-order valence-corrected chi connectivity index (χ3v) is 6.11. The summed E-state index contributed by atoms with van der Waals surface area (Å²) in [7, 11) is 0. The van der Waals surface area contributed by atoms with Gasteiger partial charge < -0.3 is 15.4 Å². The van der Waals surface area contributed by atoms with Gasteiger partial charge in [-0.25, -0.2) is 0 Å². The van der Waals surface area contributed by atoms with Crippen LogP contribution >= 0.6 is 12.4 Å². The van der Waals surface area contributed by atoms with Gasteiger partial charge >= 0.3 is 0 Å². The van der Waals surface area contributed by atoms with Gasteiger partial charge in [0.25, 0.3) is 0 Å². The van der Waals surface area contributed by atoms with Gasteiger partial charge in [-0.1, -0.05) is 36.8 Å². The van der Waals surface area contributed by atoms with Gasteiger partial charge in [0.05, 0.1) is 6.10 Å². The molecule has 1 amide bonds. The second-order valence-corrected chi connectivity index (χ2v) is 8.18. The number of amides is 1. The first-order valence-electron chi connectivity index (χ1n) is 10.3. The molecule has 2 fully saturated rings. The molecule has 152 valence electrons. The van der Waals surface area contributed by atoms with Crippen LogP contribution in [0, 0.1) is 24.7 Å². The SMILES string of the molecule is Cc1ccc(C2OCCCC2CNC(=O)CC(C)C2CCNCC2)cc1.Cl. The lowest BCUT2D eigenvalue weighted by molar-refractivity contribution is -0.123. The third-order valence-electron chi connectivity index (χ3n) is 6.11. The number of hydrogen-bond acceptors (Lipinski definition) is 3. The molecular weight excluding hydrogens is 360 g/mol. The van der Waals surface area contributed by atoms with E-state index in [0.717, 1.165) is 39.1 Å². The number of ether oxygens (including phenoxy) is 1. The zero-order valence-electron chi connectivity index (χ0n) is 16.7. The first-order valence-corrected chi connectivity index (χ1v) is 10.3. The van der Waals surface area contributed by atoms with E-state index < -0.39 is 0 Å². The van der Waals surface area contributed by atoms with E-state index in [1.54, 1.807) is 0 Å². The second-order valence-electron chi connectivity index (χ2n) is 8.18. The third kappa shape index (κ3) is 6.48. The van der Waals surface area contributed by atoms with E-state index in [0.29, 0.717) is 24.2 Å². The van der Waals surface area contributed by atoms with Gasteiger partial charge in [0, 0.05) is 25.5 Å². The Bertz CT molecular complexity index is 572. The fourth-order valence-electron chi connectivity index (χ4n) is 4.37. The zero-order valence-corrected chi connectivity index (χ0v) is 17.5. The highest BCUT2D eigenvalue weighted by Gasteiger charge is 2.28. The molecule has 2 N–H and O–H groups in total. The van der Waals surface area contributed by atoms with Crippen LogP contribution < -0.4 is 10.6 Å². The zero-order chi connectivity index (χ0) is 18.4. The number of benzene rings is 1. The quantitative estimate of drug-likeness (QED) is 0.765. The van der Waals surface area contributed by atoms with Crippen molar-refractivity contribution < 1.29 is 9.53 Å². The van der Waals surface area contributed by atoms with Gasteiger partial charge in [0.15, 0.2) is 0 Å². The summed E-state index contributed by atoms with van der Waals surface area (Å²) in [6.07, 6.45) is 5.33. The van der Waals surface area contributed by atoms with Crippen LogP contribution in [0.4, 0.5) is 0 Å². The van der Waals surface area contributed by atoms with Gasteiger partial charge in [-0.15, -0.1) is 12.4 Å². The number of hydrogen-bond donors (Lipinski definition) is 2. The molecule has 0 spiro atoms. The summed E-state index contributed by atoms with van der Waals surface area (Å²) in [5.74, 6) is 1.71. The van der Waals surface area contributed by atoms with E-state index in [4.69, 9.17) is 4.74 Å². The van der Waals surface area contributed by atoms with Crippen molar-refractivity contribution in [2.24, 2.45) is 17.8 Å². The van der Waals surface area contributed by atoms with Gasteiger partial charge in [-0.05, 0) is 63.1 Å². The van der Waals surface area contributed by atoms with Crippen LogP contribution in [0.2, 0.25) is 0 Å². The van der Waals surface area contributed by atoms with E-state index >= 15 is 0 Å². The first kappa shape index (κ1) is 22.2. The van der Waals surface area contributed by atoms with Gasteiger partial charge in [-0.2, -0.15) is 0 Å².